The second kappa shape index (κ2) is 7.96. The van der Waals surface area contributed by atoms with Crippen molar-refractivity contribution in [2.75, 3.05) is 11.9 Å². The van der Waals surface area contributed by atoms with E-state index in [9.17, 15) is 4.79 Å². The van der Waals surface area contributed by atoms with E-state index >= 15 is 0 Å². The summed E-state index contributed by atoms with van der Waals surface area (Å²) in [6.45, 7) is 3.42. The second-order valence-electron chi connectivity index (χ2n) is 5.16. The monoisotopic (exact) mass is 293 g/mol. The predicted molar refractivity (Wildman–Crippen MR) is 87.3 cm³/mol. The molecule has 0 saturated heterocycles. The van der Waals surface area contributed by atoms with Gasteiger partial charge in [-0.25, -0.2) is 0 Å². The van der Waals surface area contributed by atoms with Crippen LogP contribution in [0.3, 0.4) is 0 Å². The molecule has 0 saturated carbocycles. The number of amides is 1. The van der Waals surface area contributed by atoms with E-state index in [0.29, 0.717) is 24.2 Å². The number of aryl methyl sites for hydroxylation is 1. The molecule has 112 valence electrons. The molecule has 0 heterocycles. The van der Waals surface area contributed by atoms with Gasteiger partial charge >= 0.3 is 0 Å². The van der Waals surface area contributed by atoms with Crippen molar-refractivity contribution in [3.8, 4) is 6.07 Å². The van der Waals surface area contributed by atoms with Crippen LogP contribution >= 0.6 is 0 Å². The number of benzene rings is 2. The fourth-order valence-electron chi connectivity index (χ4n) is 2.15. The van der Waals surface area contributed by atoms with E-state index < -0.39 is 0 Å². The molecule has 4 heteroatoms. The standard InChI is InChI=1S/C18H19N3O/c1-14-4-2-6-16(10-14)13-20-9-8-18(22)21-17-7-3-5-15(11-17)12-19/h2-7,10-11,20H,8-9,13H2,1H3,(H,21,22). The first kappa shape index (κ1) is 15.7. The van der Waals surface area contributed by atoms with Gasteiger partial charge in [-0.2, -0.15) is 5.26 Å². The van der Waals surface area contributed by atoms with Gasteiger partial charge in [-0.15, -0.1) is 0 Å². The maximum absolute atomic E-state index is 11.8. The molecule has 0 aliphatic carbocycles. The number of rotatable bonds is 6. The van der Waals surface area contributed by atoms with E-state index in [0.717, 1.165) is 6.54 Å². The topological polar surface area (TPSA) is 64.9 Å². The molecule has 0 bridgehead atoms. The minimum Gasteiger partial charge on any atom is -0.326 e. The SMILES string of the molecule is Cc1cccc(CNCCC(=O)Nc2cccc(C#N)c2)c1. The molecule has 0 aromatic heterocycles. The molecule has 0 unspecified atom stereocenters. The van der Waals surface area contributed by atoms with Crippen LogP contribution < -0.4 is 10.6 Å². The summed E-state index contributed by atoms with van der Waals surface area (Å²) in [5, 5.41) is 14.9. The van der Waals surface area contributed by atoms with E-state index in [1.165, 1.54) is 11.1 Å². The van der Waals surface area contributed by atoms with Crippen LogP contribution in [-0.2, 0) is 11.3 Å². The lowest BCUT2D eigenvalue weighted by Crippen LogP contribution is -2.21. The fourth-order valence-corrected chi connectivity index (χ4v) is 2.15. The van der Waals surface area contributed by atoms with Gasteiger partial charge in [0.2, 0.25) is 5.91 Å². The zero-order valence-electron chi connectivity index (χ0n) is 12.6. The average molecular weight is 293 g/mol. The molecule has 2 aromatic carbocycles. The Labute approximate surface area is 130 Å². The number of anilines is 1. The number of hydrogen-bond acceptors (Lipinski definition) is 3. The van der Waals surface area contributed by atoms with Crippen LogP contribution in [0.4, 0.5) is 5.69 Å². The summed E-state index contributed by atoms with van der Waals surface area (Å²) in [6, 6.07) is 17.2. The number of nitrogens with zero attached hydrogens (tertiary/aromatic N) is 1. The number of hydrogen-bond donors (Lipinski definition) is 2. The van der Waals surface area contributed by atoms with Crippen LogP contribution in [0, 0.1) is 18.3 Å². The van der Waals surface area contributed by atoms with Gasteiger partial charge in [0.25, 0.3) is 0 Å². The first-order chi connectivity index (χ1) is 10.7. The summed E-state index contributed by atoms with van der Waals surface area (Å²) < 4.78 is 0. The maximum Gasteiger partial charge on any atom is 0.225 e. The van der Waals surface area contributed by atoms with Gasteiger partial charge < -0.3 is 10.6 Å². The van der Waals surface area contributed by atoms with E-state index in [1.807, 2.05) is 6.07 Å². The van der Waals surface area contributed by atoms with Crippen LogP contribution in [0.25, 0.3) is 0 Å². The van der Waals surface area contributed by atoms with Gasteiger partial charge in [-0.3, -0.25) is 4.79 Å². The quantitative estimate of drug-likeness (QED) is 0.805. The molecule has 1 amide bonds. The minimum absolute atomic E-state index is 0.0631. The molecular weight excluding hydrogens is 274 g/mol. The van der Waals surface area contributed by atoms with Crippen molar-refractivity contribution in [2.45, 2.75) is 19.9 Å². The normalized spacial score (nSPS) is 10.0. The van der Waals surface area contributed by atoms with Crippen LogP contribution in [0.5, 0.6) is 0 Å². The summed E-state index contributed by atoms with van der Waals surface area (Å²) in [6.07, 6.45) is 0.391. The molecule has 0 fully saturated rings. The Morgan fingerprint density at radius 3 is 2.77 bits per heavy atom. The van der Waals surface area contributed by atoms with Gasteiger partial charge in [0.05, 0.1) is 11.6 Å². The van der Waals surface area contributed by atoms with Crippen molar-refractivity contribution in [3.05, 3.63) is 65.2 Å². The Hall–Kier alpha value is -2.64. The van der Waals surface area contributed by atoms with Crippen LogP contribution in [0.15, 0.2) is 48.5 Å². The third-order valence-corrected chi connectivity index (χ3v) is 3.22. The van der Waals surface area contributed by atoms with Crippen LogP contribution in [0.2, 0.25) is 0 Å². The van der Waals surface area contributed by atoms with E-state index in [2.05, 4.69) is 41.8 Å². The summed E-state index contributed by atoms with van der Waals surface area (Å²) in [5.74, 6) is -0.0631. The van der Waals surface area contributed by atoms with Gasteiger partial charge in [0.15, 0.2) is 0 Å². The lowest BCUT2D eigenvalue weighted by molar-refractivity contribution is -0.116. The van der Waals surface area contributed by atoms with Crippen molar-refractivity contribution in [1.82, 2.24) is 5.32 Å². The summed E-state index contributed by atoms with van der Waals surface area (Å²) >= 11 is 0. The number of carbonyl (C=O) groups is 1. The molecule has 0 spiro atoms. The summed E-state index contributed by atoms with van der Waals surface area (Å²) in [5.41, 5.74) is 3.63. The zero-order valence-corrected chi connectivity index (χ0v) is 12.6. The molecule has 0 radical (unpaired) electrons. The minimum atomic E-state index is -0.0631. The number of carbonyl (C=O) groups excluding carboxylic acids is 1. The Morgan fingerprint density at radius 2 is 2.00 bits per heavy atom. The molecule has 4 nitrogen and oxygen atoms in total. The molecule has 2 N–H and O–H groups in total. The predicted octanol–water partition coefficient (Wildman–Crippen LogP) is 2.99. The summed E-state index contributed by atoms with van der Waals surface area (Å²) in [4.78, 5) is 11.8. The van der Waals surface area contributed by atoms with Crippen molar-refractivity contribution in [3.63, 3.8) is 0 Å². The second-order valence-corrected chi connectivity index (χ2v) is 5.16. The number of nitriles is 1. The third kappa shape index (κ3) is 5.04. The van der Waals surface area contributed by atoms with Crippen LogP contribution in [0.1, 0.15) is 23.1 Å². The van der Waals surface area contributed by atoms with Crippen molar-refractivity contribution >= 4 is 11.6 Å². The molecule has 2 rings (SSSR count). The molecule has 22 heavy (non-hydrogen) atoms. The number of nitrogens with one attached hydrogen (secondary N) is 2. The smallest absolute Gasteiger partial charge is 0.225 e. The van der Waals surface area contributed by atoms with E-state index in [-0.39, 0.29) is 5.91 Å². The summed E-state index contributed by atoms with van der Waals surface area (Å²) in [7, 11) is 0. The van der Waals surface area contributed by atoms with E-state index in [4.69, 9.17) is 5.26 Å². The molecule has 0 aliphatic heterocycles. The highest BCUT2D eigenvalue weighted by Crippen LogP contribution is 2.10. The molecular formula is C18H19N3O. The Balaban J connectivity index is 1.73. The lowest BCUT2D eigenvalue weighted by atomic mass is 10.1. The van der Waals surface area contributed by atoms with Crippen LogP contribution in [-0.4, -0.2) is 12.5 Å². The highest BCUT2D eigenvalue weighted by Gasteiger charge is 2.03. The largest absolute Gasteiger partial charge is 0.326 e. The Bertz CT molecular complexity index is 689. The Morgan fingerprint density at radius 1 is 1.18 bits per heavy atom. The highest BCUT2D eigenvalue weighted by molar-refractivity contribution is 5.90. The zero-order chi connectivity index (χ0) is 15.8. The first-order valence-electron chi connectivity index (χ1n) is 7.23. The van der Waals surface area contributed by atoms with Gasteiger partial charge in [-0.1, -0.05) is 35.9 Å². The highest BCUT2D eigenvalue weighted by atomic mass is 16.1. The van der Waals surface area contributed by atoms with E-state index in [1.54, 1.807) is 24.3 Å². The van der Waals surface area contributed by atoms with Gasteiger partial charge in [-0.05, 0) is 30.7 Å². The first-order valence-corrected chi connectivity index (χ1v) is 7.23. The van der Waals surface area contributed by atoms with Gasteiger partial charge in [0, 0.05) is 25.2 Å². The molecule has 0 atom stereocenters. The molecule has 0 aliphatic rings. The lowest BCUT2D eigenvalue weighted by Gasteiger charge is -2.07. The van der Waals surface area contributed by atoms with Crippen molar-refractivity contribution in [2.24, 2.45) is 0 Å². The van der Waals surface area contributed by atoms with Gasteiger partial charge in [0.1, 0.15) is 0 Å². The maximum atomic E-state index is 11.8. The third-order valence-electron chi connectivity index (χ3n) is 3.22. The fraction of sp³-hybridized carbons (Fsp3) is 0.222. The average Bonchev–Trinajstić information content (AvgIpc) is 2.52. The molecule has 2 aromatic rings. The Kier molecular flexibility index (Phi) is 5.70. The van der Waals surface area contributed by atoms with Crippen molar-refractivity contribution < 1.29 is 4.79 Å². The van der Waals surface area contributed by atoms with Crippen molar-refractivity contribution in [1.29, 1.82) is 5.26 Å².